The third kappa shape index (κ3) is 6.01. The van der Waals surface area contributed by atoms with Gasteiger partial charge in [0.2, 0.25) is 6.41 Å². The van der Waals surface area contributed by atoms with E-state index in [1.165, 1.54) is 41.3 Å². The van der Waals surface area contributed by atoms with E-state index in [0.29, 0.717) is 10.8 Å². The number of rotatable bonds is 3. The van der Waals surface area contributed by atoms with Gasteiger partial charge in [-0.25, -0.2) is 0 Å². The van der Waals surface area contributed by atoms with Gasteiger partial charge in [-0.15, -0.1) is 0 Å². The normalized spacial score (nSPS) is 9.00. The number of carbonyl (C=O) groups is 3. The van der Waals surface area contributed by atoms with Crippen molar-refractivity contribution in [3.05, 3.63) is 47.5 Å². The number of nitrogens with zero attached hydrogens (tertiary/aromatic N) is 1. The van der Waals surface area contributed by atoms with Gasteiger partial charge in [0.05, 0.1) is 11.9 Å². The maximum Gasteiger partial charge on any atom is 2.00 e. The Morgan fingerprint density at radius 3 is 1.45 bits per heavy atom. The molecule has 110 valence electrons. The zero-order chi connectivity index (χ0) is 16.0. The van der Waals surface area contributed by atoms with Crippen molar-refractivity contribution in [3.8, 4) is 0 Å². The minimum absolute atomic E-state index is 0. The van der Waals surface area contributed by atoms with Crippen LogP contribution >= 0.6 is 0 Å². The van der Waals surface area contributed by atoms with Crippen molar-refractivity contribution in [3.63, 3.8) is 0 Å². The van der Waals surface area contributed by atoms with E-state index in [1.54, 1.807) is 14.1 Å². The van der Waals surface area contributed by atoms with E-state index in [-0.39, 0.29) is 48.9 Å². The molecule has 0 unspecified atom stereocenters. The Morgan fingerprint density at radius 1 is 0.909 bits per heavy atom. The molecular formula is C15H13CaNO5. The summed E-state index contributed by atoms with van der Waals surface area (Å²) in [6, 6.07) is 8.68. The Morgan fingerprint density at radius 2 is 1.23 bits per heavy atom. The van der Waals surface area contributed by atoms with Crippen LogP contribution in [-0.2, 0) is 4.79 Å². The van der Waals surface area contributed by atoms with Crippen LogP contribution in [0.1, 0.15) is 20.7 Å². The number of hydrogen-bond acceptors (Lipinski definition) is 5. The number of carboxylic acids is 2. The molecule has 0 saturated heterocycles. The molecule has 0 aliphatic heterocycles. The van der Waals surface area contributed by atoms with Gasteiger partial charge < -0.3 is 24.7 Å². The fourth-order valence-electron chi connectivity index (χ4n) is 1.50. The second kappa shape index (κ2) is 9.40. The third-order valence-corrected chi connectivity index (χ3v) is 2.52. The van der Waals surface area contributed by atoms with Crippen LogP contribution in [0.25, 0.3) is 10.8 Å². The van der Waals surface area contributed by atoms with Crippen molar-refractivity contribution in [2.45, 2.75) is 0 Å². The van der Waals surface area contributed by atoms with Gasteiger partial charge in [-0.2, -0.15) is 0 Å². The minimum atomic E-state index is -1.26. The number of carboxylic acid groups (broad SMARTS) is 2. The van der Waals surface area contributed by atoms with Crippen LogP contribution in [0.2, 0.25) is 0 Å². The Labute approximate surface area is 157 Å². The molecule has 0 aliphatic rings. The van der Waals surface area contributed by atoms with Gasteiger partial charge >= 0.3 is 37.7 Å². The smallest absolute Gasteiger partial charge is 0.545 e. The summed E-state index contributed by atoms with van der Waals surface area (Å²) in [6.45, 7) is 0. The number of fused-ring (bicyclic) bond motifs is 1. The number of aromatic carboxylic acids is 2. The molecule has 0 aliphatic carbocycles. The molecule has 0 radical (unpaired) electrons. The molecule has 2 aromatic rings. The van der Waals surface area contributed by atoms with Crippen LogP contribution in [0.15, 0.2) is 36.4 Å². The van der Waals surface area contributed by atoms with Crippen LogP contribution in [0, 0.1) is 0 Å². The fraction of sp³-hybridized carbons (Fsp3) is 0.133. The average molecular weight is 327 g/mol. The first-order chi connectivity index (χ1) is 9.85. The van der Waals surface area contributed by atoms with Crippen LogP contribution < -0.4 is 10.2 Å². The number of amides is 1. The van der Waals surface area contributed by atoms with E-state index in [0.717, 1.165) is 6.41 Å². The SMILES string of the molecule is CN(C)C=O.O=C([O-])c1ccc2cc(C(=O)[O-])ccc2c1.[Ca+2]. The molecule has 0 saturated carbocycles. The molecule has 0 fully saturated rings. The minimum Gasteiger partial charge on any atom is -0.545 e. The average Bonchev–Trinajstić information content (AvgIpc) is 2.46. The van der Waals surface area contributed by atoms with Crippen molar-refractivity contribution in [2.24, 2.45) is 0 Å². The zero-order valence-electron chi connectivity index (χ0n) is 12.2. The Bertz CT molecular complexity index is 631. The molecule has 0 spiro atoms. The van der Waals surface area contributed by atoms with E-state index in [2.05, 4.69) is 0 Å². The molecule has 22 heavy (non-hydrogen) atoms. The summed E-state index contributed by atoms with van der Waals surface area (Å²) in [5, 5.41) is 22.5. The topological polar surface area (TPSA) is 101 Å². The van der Waals surface area contributed by atoms with Gasteiger partial charge in [0.1, 0.15) is 0 Å². The maximum atomic E-state index is 10.6. The van der Waals surface area contributed by atoms with E-state index in [1.807, 2.05) is 0 Å². The maximum absolute atomic E-state index is 10.6. The fourth-order valence-corrected chi connectivity index (χ4v) is 1.50. The molecule has 1 amide bonds. The monoisotopic (exact) mass is 327 g/mol. The summed E-state index contributed by atoms with van der Waals surface area (Å²) in [5.74, 6) is -2.52. The first-order valence-electron chi connectivity index (χ1n) is 5.93. The molecule has 0 aromatic heterocycles. The van der Waals surface area contributed by atoms with Crippen LogP contribution in [0.5, 0.6) is 0 Å². The number of benzene rings is 2. The van der Waals surface area contributed by atoms with Crippen molar-refractivity contribution in [1.29, 1.82) is 0 Å². The molecule has 0 N–H and O–H groups in total. The van der Waals surface area contributed by atoms with Crippen LogP contribution in [0.4, 0.5) is 0 Å². The largest absolute Gasteiger partial charge is 2.00 e. The van der Waals surface area contributed by atoms with Gasteiger partial charge in [0, 0.05) is 14.1 Å². The van der Waals surface area contributed by atoms with Gasteiger partial charge in [0.15, 0.2) is 0 Å². The first-order valence-corrected chi connectivity index (χ1v) is 5.93. The van der Waals surface area contributed by atoms with E-state index < -0.39 is 11.9 Å². The summed E-state index contributed by atoms with van der Waals surface area (Å²) in [5.41, 5.74) is 0.127. The number of carbonyl (C=O) groups excluding carboxylic acids is 3. The molecule has 0 bridgehead atoms. The van der Waals surface area contributed by atoms with E-state index in [4.69, 9.17) is 0 Å². The molecule has 2 rings (SSSR count). The second-order valence-corrected chi connectivity index (χ2v) is 4.42. The molecule has 0 atom stereocenters. The first kappa shape index (κ1) is 20.4. The second-order valence-electron chi connectivity index (χ2n) is 4.42. The predicted octanol–water partition coefficient (Wildman–Crippen LogP) is -1.11. The van der Waals surface area contributed by atoms with Gasteiger partial charge in [-0.3, -0.25) is 4.79 Å². The van der Waals surface area contributed by atoms with Gasteiger partial charge in [-0.1, -0.05) is 24.3 Å². The van der Waals surface area contributed by atoms with Crippen molar-refractivity contribution >= 4 is 66.9 Å². The Kier molecular flexibility index (Phi) is 8.70. The summed E-state index contributed by atoms with van der Waals surface area (Å²) in [6.07, 6.45) is 0.750. The van der Waals surface area contributed by atoms with E-state index in [9.17, 15) is 24.6 Å². The van der Waals surface area contributed by atoms with Crippen molar-refractivity contribution < 1.29 is 24.6 Å². The third-order valence-electron chi connectivity index (χ3n) is 2.52. The van der Waals surface area contributed by atoms with E-state index >= 15 is 0 Å². The van der Waals surface area contributed by atoms with Gasteiger partial charge in [-0.05, 0) is 34.0 Å². The number of hydrogen-bond donors (Lipinski definition) is 0. The van der Waals surface area contributed by atoms with Crippen molar-refractivity contribution in [1.82, 2.24) is 4.90 Å². The summed E-state index contributed by atoms with van der Waals surface area (Å²) in [4.78, 5) is 32.1. The van der Waals surface area contributed by atoms with Crippen LogP contribution in [0.3, 0.4) is 0 Å². The Balaban J connectivity index is 0.000000644. The standard InChI is InChI=1S/C12H8O4.C3H7NO.Ca/c13-11(14)9-3-1-7-5-10(12(15)16)4-2-8(7)6-9;1-4(2)3-5;/h1-6H,(H,13,14)(H,15,16);3H,1-2H3;/q;;+2/p-2. The van der Waals surface area contributed by atoms with Crippen molar-refractivity contribution in [2.75, 3.05) is 14.1 Å². The molecule has 7 heteroatoms. The van der Waals surface area contributed by atoms with Crippen LogP contribution in [-0.4, -0.2) is 75.1 Å². The Hall–Kier alpha value is -1.63. The zero-order valence-corrected chi connectivity index (χ0v) is 14.4. The molecule has 6 nitrogen and oxygen atoms in total. The summed E-state index contributed by atoms with van der Waals surface area (Å²) < 4.78 is 0. The predicted molar refractivity (Wildman–Crippen MR) is 78.1 cm³/mol. The molecular weight excluding hydrogens is 314 g/mol. The quantitative estimate of drug-likeness (QED) is 0.526. The summed E-state index contributed by atoms with van der Waals surface area (Å²) >= 11 is 0. The summed E-state index contributed by atoms with van der Waals surface area (Å²) in [7, 11) is 3.38. The van der Waals surface area contributed by atoms with Gasteiger partial charge in [0.25, 0.3) is 0 Å². The molecule has 2 aromatic carbocycles. The molecule has 0 heterocycles.